The fraction of sp³-hybridized carbons (Fsp3) is 0.875. The Bertz CT molecular complexity index is 370. The fourth-order valence-corrected chi connectivity index (χ4v) is 5.61. The van der Waals surface area contributed by atoms with Crippen LogP contribution in [-0.2, 0) is 14.5 Å². The molecule has 0 aliphatic heterocycles. The van der Waals surface area contributed by atoms with E-state index >= 15 is 0 Å². The van der Waals surface area contributed by atoms with E-state index in [-0.39, 0.29) is 12.7 Å². The van der Waals surface area contributed by atoms with E-state index in [4.69, 9.17) is 19.6 Å². The van der Waals surface area contributed by atoms with Crippen LogP contribution in [0.25, 0.3) is 0 Å². The van der Waals surface area contributed by atoms with Gasteiger partial charge >= 0.3 is 6.09 Å². The van der Waals surface area contributed by atoms with Crippen LogP contribution >= 0.6 is 58.8 Å². The standard InChI is InChI=1S/C16H32N2O5S5/c1-2-24-14-28-11-6-21-16(20)18-4-9-27-15-26-8-3-17-13-23-22-7-12-25-10-5-19/h13,19H,2-12,14-15H2,1H3,(H,18,20). The molecule has 0 aromatic heterocycles. The summed E-state index contributed by atoms with van der Waals surface area (Å²) in [4.78, 5) is 25.3. The number of nitrogens with zero attached hydrogens (tertiary/aromatic N) is 1. The van der Waals surface area contributed by atoms with Gasteiger partial charge in [-0.05, 0) is 5.75 Å². The van der Waals surface area contributed by atoms with Crippen LogP contribution in [0.3, 0.4) is 0 Å². The zero-order valence-electron chi connectivity index (χ0n) is 16.3. The molecule has 2 N–H and O–H groups in total. The molecule has 0 aliphatic rings. The van der Waals surface area contributed by atoms with E-state index in [1.807, 2.05) is 11.8 Å². The average Bonchev–Trinajstić information content (AvgIpc) is 2.70. The number of aliphatic imine (C=N–C) groups is 1. The van der Waals surface area contributed by atoms with Crippen LogP contribution in [0.15, 0.2) is 4.99 Å². The van der Waals surface area contributed by atoms with E-state index in [1.54, 1.807) is 47.0 Å². The van der Waals surface area contributed by atoms with E-state index in [1.165, 1.54) is 6.40 Å². The van der Waals surface area contributed by atoms with Crippen LogP contribution in [-0.4, -0.2) is 95.2 Å². The van der Waals surface area contributed by atoms with Gasteiger partial charge in [0.25, 0.3) is 0 Å². The Labute approximate surface area is 189 Å². The van der Waals surface area contributed by atoms with Crippen LogP contribution in [0, 0.1) is 0 Å². The number of rotatable bonds is 21. The van der Waals surface area contributed by atoms with Crippen molar-refractivity contribution in [2.75, 3.05) is 77.6 Å². The Kier molecular flexibility index (Phi) is 25.8. The van der Waals surface area contributed by atoms with E-state index in [0.29, 0.717) is 32.1 Å². The Balaban J connectivity index is 3.18. The minimum atomic E-state index is -0.333. The van der Waals surface area contributed by atoms with Gasteiger partial charge in [-0.25, -0.2) is 4.79 Å². The van der Waals surface area contributed by atoms with Gasteiger partial charge in [0.1, 0.15) is 13.2 Å². The lowest BCUT2D eigenvalue weighted by Crippen LogP contribution is -2.27. The molecule has 0 atom stereocenters. The van der Waals surface area contributed by atoms with Crippen LogP contribution in [0.4, 0.5) is 4.79 Å². The first kappa shape index (κ1) is 28.4. The first-order chi connectivity index (χ1) is 13.8. The number of hydrogen-bond donors (Lipinski definition) is 2. The molecule has 166 valence electrons. The summed E-state index contributed by atoms with van der Waals surface area (Å²) in [7, 11) is 0. The van der Waals surface area contributed by atoms with Gasteiger partial charge < -0.3 is 20.0 Å². The lowest BCUT2D eigenvalue weighted by atomic mass is 10.7. The number of thioether (sulfide) groups is 5. The Morgan fingerprint density at radius 1 is 1.00 bits per heavy atom. The molecule has 0 saturated carbocycles. The van der Waals surface area contributed by atoms with Crippen LogP contribution in [0.2, 0.25) is 0 Å². The van der Waals surface area contributed by atoms with Crippen molar-refractivity contribution >= 4 is 71.3 Å². The molecule has 7 nitrogen and oxygen atoms in total. The number of aliphatic hydroxyl groups excluding tert-OH is 1. The zero-order valence-corrected chi connectivity index (χ0v) is 20.4. The summed E-state index contributed by atoms with van der Waals surface area (Å²) < 4.78 is 5.10. The summed E-state index contributed by atoms with van der Waals surface area (Å²) in [5, 5.41) is 13.4. The molecule has 0 fully saturated rings. The van der Waals surface area contributed by atoms with Crippen molar-refractivity contribution in [2.24, 2.45) is 4.99 Å². The molecule has 0 aliphatic carbocycles. The van der Waals surface area contributed by atoms with Crippen molar-refractivity contribution < 1.29 is 24.4 Å². The molecule has 0 rings (SSSR count). The van der Waals surface area contributed by atoms with Gasteiger partial charge in [0.2, 0.25) is 6.40 Å². The molecule has 0 unspecified atom stereocenters. The third-order valence-corrected chi connectivity index (χ3v) is 8.03. The Morgan fingerprint density at radius 3 is 2.57 bits per heavy atom. The highest BCUT2D eigenvalue weighted by atomic mass is 32.2. The largest absolute Gasteiger partial charge is 0.449 e. The number of nitrogens with one attached hydrogen (secondary N) is 1. The Morgan fingerprint density at radius 2 is 1.75 bits per heavy atom. The van der Waals surface area contributed by atoms with E-state index in [2.05, 4.69) is 17.2 Å². The van der Waals surface area contributed by atoms with Gasteiger partial charge in [-0.1, -0.05) is 6.92 Å². The lowest BCUT2D eigenvalue weighted by Gasteiger charge is -2.06. The van der Waals surface area contributed by atoms with Gasteiger partial charge in [-0.15, -0.1) is 35.3 Å². The highest BCUT2D eigenvalue weighted by Crippen LogP contribution is 2.11. The fourth-order valence-electron chi connectivity index (χ4n) is 1.39. The second-order valence-electron chi connectivity index (χ2n) is 4.78. The number of amides is 1. The normalized spacial score (nSPS) is 11.1. The summed E-state index contributed by atoms with van der Waals surface area (Å²) in [6.45, 7) is 4.54. The van der Waals surface area contributed by atoms with Crippen LogP contribution < -0.4 is 5.32 Å². The summed E-state index contributed by atoms with van der Waals surface area (Å²) >= 11 is 8.83. The topological polar surface area (TPSA) is 89.4 Å². The van der Waals surface area contributed by atoms with Crippen molar-refractivity contribution in [3.05, 3.63) is 0 Å². The molecule has 12 heteroatoms. The van der Waals surface area contributed by atoms with Crippen molar-refractivity contribution in [3.63, 3.8) is 0 Å². The second-order valence-corrected chi connectivity index (χ2v) is 11.3. The zero-order chi connectivity index (χ0) is 20.5. The molecule has 0 saturated heterocycles. The first-order valence-electron chi connectivity index (χ1n) is 8.98. The molecule has 0 aromatic rings. The highest BCUT2D eigenvalue weighted by Gasteiger charge is 2.00. The lowest BCUT2D eigenvalue weighted by molar-refractivity contribution is -0.210. The van der Waals surface area contributed by atoms with Crippen molar-refractivity contribution in [1.29, 1.82) is 0 Å². The highest BCUT2D eigenvalue weighted by molar-refractivity contribution is 8.16. The van der Waals surface area contributed by atoms with Gasteiger partial charge in [0, 0.05) is 45.5 Å². The van der Waals surface area contributed by atoms with Crippen molar-refractivity contribution in [2.45, 2.75) is 6.92 Å². The summed E-state index contributed by atoms with van der Waals surface area (Å²) in [5.41, 5.74) is 0. The molecule has 0 aromatic carbocycles. The summed E-state index contributed by atoms with van der Waals surface area (Å²) in [6, 6.07) is 0. The number of ether oxygens (including phenoxy) is 1. The van der Waals surface area contributed by atoms with Crippen molar-refractivity contribution in [3.8, 4) is 0 Å². The van der Waals surface area contributed by atoms with E-state index in [0.717, 1.165) is 38.9 Å². The Hall–Kier alpha value is 0.410. The quantitative estimate of drug-likeness (QED) is 0.0621. The number of carbonyl (C=O) groups excluding carboxylic acids is 1. The SMILES string of the molecule is CCSCSCCOC(=O)NCCSCSCCN=COOCCSCCO. The summed E-state index contributed by atoms with van der Waals surface area (Å²) in [5.74, 6) is 5.22. The van der Waals surface area contributed by atoms with Gasteiger partial charge in [0.05, 0.1) is 13.2 Å². The van der Waals surface area contributed by atoms with Gasteiger partial charge in [-0.3, -0.25) is 4.99 Å². The maximum atomic E-state index is 11.5. The maximum Gasteiger partial charge on any atom is 0.407 e. The smallest absolute Gasteiger partial charge is 0.407 e. The third kappa shape index (κ3) is 24.4. The molecular formula is C16H32N2O5S5. The average molecular weight is 493 g/mol. The number of carbonyl (C=O) groups is 1. The first-order valence-corrected chi connectivity index (χ1v) is 14.7. The van der Waals surface area contributed by atoms with Gasteiger partial charge in [0.15, 0.2) is 0 Å². The summed E-state index contributed by atoms with van der Waals surface area (Å²) in [6.07, 6.45) is 0.988. The number of alkyl carbamates (subject to hydrolysis) is 1. The van der Waals surface area contributed by atoms with E-state index in [9.17, 15) is 4.79 Å². The molecule has 0 bridgehead atoms. The van der Waals surface area contributed by atoms with Crippen LogP contribution in [0.1, 0.15) is 6.92 Å². The van der Waals surface area contributed by atoms with Crippen LogP contribution in [0.5, 0.6) is 0 Å². The third-order valence-electron chi connectivity index (χ3n) is 2.61. The molecule has 0 spiro atoms. The number of hydrogen-bond acceptors (Lipinski definition) is 11. The monoisotopic (exact) mass is 492 g/mol. The van der Waals surface area contributed by atoms with Gasteiger partial charge in [-0.2, -0.15) is 28.4 Å². The molecular weight excluding hydrogens is 461 g/mol. The molecule has 28 heavy (non-hydrogen) atoms. The maximum absolute atomic E-state index is 11.5. The number of aliphatic hydroxyl groups is 1. The predicted molar refractivity (Wildman–Crippen MR) is 129 cm³/mol. The second kappa shape index (κ2) is 25.4. The minimum Gasteiger partial charge on any atom is -0.449 e. The molecule has 1 amide bonds. The van der Waals surface area contributed by atoms with Crippen molar-refractivity contribution in [1.82, 2.24) is 5.32 Å². The molecule has 0 radical (unpaired) electrons. The molecule has 0 heterocycles. The predicted octanol–water partition coefficient (Wildman–Crippen LogP) is 3.28. The van der Waals surface area contributed by atoms with E-state index < -0.39 is 0 Å². The minimum absolute atomic E-state index is 0.184.